The van der Waals surface area contributed by atoms with E-state index in [1.54, 1.807) is 25.1 Å². The van der Waals surface area contributed by atoms with Crippen molar-refractivity contribution in [2.24, 2.45) is 0 Å². The third-order valence-corrected chi connectivity index (χ3v) is 3.54. The van der Waals surface area contributed by atoms with Crippen LogP contribution in [0.2, 0.25) is 5.02 Å². The molecule has 0 heterocycles. The summed E-state index contributed by atoms with van der Waals surface area (Å²) in [6.45, 7) is 1.56. The van der Waals surface area contributed by atoms with E-state index in [1.807, 2.05) is 0 Å². The van der Waals surface area contributed by atoms with Crippen LogP contribution < -0.4 is 10.6 Å². The number of aromatic carboxylic acids is 1. The van der Waals surface area contributed by atoms with Crippen molar-refractivity contribution in [1.82, 2.24) is 5.32 Å². The summed E-state index contributed by atoms with van der Waals surface area (Å²) >= 11 is 10.9. The molecule has 24 heavy (non-hydrogen) atoms. The number of thiocarbonyl (C=S) groups is 1. The van der Waals surface area contributed by atoms with E-state index in [-0.39, 0.29) is 16.4 Å². The lowest BCUT2D eigenvalue weighted by molar-refractivity contribution is 0.0693. The van der Waals surface area contributed by atoms with Crippen LogP contribution in [0, 0.1) is 6.92 Å². The van der Waals surface area contributed by atoms with Gasteiger partial charge in [-0.3, -0.25) is 10.1 Å². The number of amides is 1. The summed E-state index contributed by atoms with van der Waals surface area (Å²) in [7, 11) is 0. The molecule has 124 valence electrons. The van der Waals surface area contributed by atoms with Gasteiger partial charge in [0.15, 0.2) is 5.11 Å². The molecule has 0 unspecified atom stereocenters. The molecule has 8 heteroatoms. The summed E-state index contributed by atoms with van der Waals surface area (Å²) in [6.07, 6.45) is 0. The van der Waals surface area contributed by atoms with Crippen LogP contribution in [0.3, 0.4) is 0 Å². The number of halogens is 1. The monoisotopic (exact) mass is 364 g/mol. The number of phenols is 1. The SMILES string of the molecule is Cc1cc(NC(=S)NC(=O)c2cccc(Cl)c2)cc(C(=O)O)c1O. The molecule has 0 aromatic heterocycles. The topological polar surface area (TPSA) is 98.7 Å². The number of carbonyl (C=O) groups excluding carboxylic acids is 1. The van der Waals surface area contributed by atoms with Crippen molar-refractivity contribution < 1.29 is 19.8 Å². The van der Waals surface area contributed by atoms with Gasteiger partial charge in [-0.2, -0.15) is 0 Å². The van der Waals surface area contributed by atoms with Crippen molar-refractivity contribution in [3.8, 4) is 5.75 Å². The number of hydrogen-bond donors (Lipinski definition) is 4. The highest BCUT2D eigenvalue weighted by atomic mass is 35.5. The lowest BCUT2D eigenvalue weighted by Gasteiger charge is -2.12. The number of aromatic hydroxyl groups is 1. The molecule has 0 aliphatic rings. The zero-order chi connectivity index (χ0) is 17.9. The number of hydrogen-bond acceptors (Lipinski definition) is 4. The first-order valence-electron chi connectivity index (χ1n) is 6.72. The van der Waals surface area contributed by atoms with Gasteiger partial charge >= 0.3 is 5.97 Å². The van der Waals surface area contributed by atoms with Crippen molar-refractivity contribution >= 4 is 46.5 Å². The Kier molecular flexibility index (Phi) is 5.38. The predicted molar refractivity (Wildman–Crippen MR) is 94.9 cm³/mol. The highest BCUT2D eigenvalue weighted by Gasteiger charge is 2.15. The normalized spacial score (nSPS) is 10.1. The van der Waals surface area contributed by atoms with Gasteiger partial charge in [-0.1, -0.05) is 17.7 Å². The van der Waals surface area contributed by atoms with Gasteiger partial charge in [-0.15, -0.1) is 0 Å². The number of benzene rings is 2. The average Bonchev–Trinajstić information content (AvgIpc) is 2.50. The van der Waals surface area contributed by atoms with Gasteiger partial charge in [0, 0.05) is 16.3 Å². The molecular formula is C16H13ClN2O4S. The fourth-order valence-corrected chi connectivity index (χ4v) is 2.38. The van der Waals surface area contributed by atoms with Gasteiger partial charge in [0.05, 0.1) is 0 Å². The van der Waals surface area contributed by atoms with Crippen LogP contribution in [-0.2, 0) is 0 Å². The largest absolute Gasteiger partial charge is 0.507 e. The van der Waals surface area contributed by atoms with Crippen molar-refractivity contribution in [3.05, 3.63) is 58.1 Å². The Morgan fingerprint density at radius 1 is 1.21 bits per heavy atom. The number of carbonyl (C=O) groups is 2. The standard InChI is InChI=1S/C16H13ClN2O4S/c1-8-5-11(7-12(13(8)20)15(22)23)18-16(24)19-14(21)9-3-2-4-10(17)6-9/h2-7,20H,1H3,(H,22,23)(H2,18,19,21,24). The minimum Gasteiger partial charge on any atom is -0.507 e. The van der Waals surface area contributed by atoms with Crippen LogP contribution in [0.4, 0.5) is 5.69 Å². The summed E-state index contributed by atoms with van der Waals surface area (Å²) < 4.78 is 0. The second kappa shape index (κ2) is 7.29. The molecular weight excluding hydrogens is 352 g/mol. The predicted octanol–water partition coefficient (Wildman–Crippen LogP) is 3.18. The first-order valence-corrected chi connectivity index (χ1v) is 7.51. The highest BCUT2D eigenvalue weighted by molar-refractivity contribution is 7.80. The zero-order valence-corrected chi connectivity index (χ0v) is 14.0. The highest BCUT2D eigenvalue weighted by Crippen LogP contribution is 2.26. The van der Waals surface area contributed by atoms with E-state index >= 15 is 0 Å². The quantitative estimate of drug-likeness (QED) is 0.493. The van der Waals surface area contributed by atoms with Crippen molar-refractivity contribution in [3.63, 3.8) is 0 Å². The van der Waals surface area contributed by atoms with Crippen LogP contribution in [0.15, 0.2) is 36.4 Å². The average molecular weight is 365 g/mol. The molecule has 0 spiro atoms. The Labute approximate surface area is 148 Å². The first kappa shape index (κ1) is 17.7. The van der Waals surface area contributed by atoms with Gasteiger partial charge in [-0.05, 0) is 55.0 Å². The first-order chi connectivity index (χ1) is 11.3. The van der Waals surface area contributed by atoms with E-state index in [0.717, 1.165) is 0 Å². The molecule has 0 saturated heterocycles. The molecule has 0 radical (unpaired) electrons. The van der Waals surface area contributed by atoms with Crippen molar-refractivity contribution in [2.45, 2.75) is 6.92 Å². The third-order valence-electron chi connectivity index (χ3n) is 3.10. The minimum atomic E-state index is -1.27. The molecule has 0 fully saturated rings. The zero-order valence-electron chi connectivity index (χ0n) is 12.5. The second-order valence-corrected chi connectivity index (χ2v) is 5.76. The molecule has 6 nitrogen and oxygen atoms in total. The number of anilines is 1. The molecule has 2 aromatic rings. The maximum Gasteiger partial charge on any atom is 0.339 e. The maximum atomic E-state index is 12.1. The number of aryl methyl sites for hydroxylation is 1. The molecule has 0 saturated carbocycles. The summed E-state index contributed by atoms with van der Waals surface area (Å²) in [5.41, 5.74) is 0.765. The molecule has 4 N–H and O–H groups in total. The molecule has 1 amide bonds. The van der Waals surface area contributed by atoms with E-state index in [0.29, 0.717) is 21.8 Å². The minimum absolute atomic E-state index is 0.0126. The molecule has 0 aliphatic carbocycles. The summed E-state index contributed by atoms with van der Waals surface area (Å²) in [5.74, 6) is -2.04. The Morgan fingerprint density at radius 2 is 1.92 bits per heavy atom. The van der Waals surface area contributed by atoms with E-state index in [1.165, 1.54) is 18.2 Å². The Bertz CT molecular complexity index is 839. The molecule has 2 aromatic carbocycles. The molecule has 0 bridgehead atoms. The fraction of sp³-hybridized carbons (Fsp3) is 0.0625. The number of nitrogens with one attached hydrogen (secondary N) is 2. The maximum absolute atomic E-state index is 12.1. The van der Waals surface area contributed by atoms with E-state index in [4.69, 9.17) is 28.9 Å². The van der Waals surface area contributed by atoms with Gasteiger partial charge in [-0.25, -0.2) is 4.79 Å². The second-order valence-electron chi connectivity index (χ2n) is 4.91. The number of carboxylic acids is 1. The summed E-state index contributed by atoms with van der Waals surface area (Å²) in [6, 6.07) is 9.09. The van der Waals surface area contributed by atoms with Crippen LogP contribution >= 0.6 is 23.8 Å². The van der Waals surface area contributed by atoms with Gasteiger partial charge in [0.1, 0.15) is 11.3 Å². The molecule has 0 aliphatic heterocycles. The molecule has 0 atom stereocenters. The lowest BCUT2D eigenvalue weighted by atomic mass is 10.1. The Morgan fingerprint density at radius 3 is 2.54 bits per heavy atom. The van der Waals surface area contributed by atoms with Crippen LogP contribution in [-0.4, -0.2) is 27.2 Å². The molecule has 2 rings (SSSR count). The van der Waals surface area contributed by atoms with Crippen LogP contribution in [0.1, 0.15) is 26.3 Å². The number of carboxylic acid groups (broad SMARTS) is 1. The third kappa shape index (κ3) is 4.21. The summed E-state index contributed by atoms with van der Waals surface area (Å²) in [5, 5.41) is 24.4. The van der Waals surface area contributed by atoms with Crippen LogP contribution in [0.25, 0.3) is 0 Å². The Balaban J connectivity index is 2.13. The van der Waals surface area contributed by atoms with E-state index < -0.39 is 11.9 Å². The van der Waals surface area contributed by atoms with E-state index in [2.05, 4.69) is 10.6 Å². The van der Waals surface area contributed by atoms with Gasteiger partial charge in [0.2, 0.25) is 0 Å². The van der Waals surface area contributed by atoms with Gasteiger partial charge < -0.3 is 15.5 Å². The fourth-order valence-electron chi connectivity index (χ4n) is 1.98. The van der Waals surface area contributed by atoms with Crippen molar-refractivity contribution in [1.29, 1.82) is 0 Å². The van der Waals surface area contributed by atoms with Crippen molar-refractivity contribution in [2.75, 3.05) is 5.32 Å². The van der Waals surface area contributed by atoms with Gasteiger partial charge in [0.25, 0.3) is 5.91 Å². The smallest absolute Gasteiger partial charge is 0.339 e. The van der Waals surface area contributed by atoms with Crippen LogP contribution in [0.5, 0.6) is 5.75 Å². The lowest BCUT2D eigenvalue weighted by Crippen LogP contribution is -2.34. The van der Waals surface area contributed by atoms with E-state index in [9.17, 15) is 14.7 Å². The summed E-state index contributed by atoms with van der Waals surface area (Å²) in [4.78, 5) is 23.2. The number of rotatable bonds is 3. The Hall–Kier alpha value is -2.64.